The van der Waals surface area contributed by atoms with Crippen molar-refractivity contribution >= 4 is 5.69 Å². The van der Waals surface area contributed by atoms with Crippen molar-refractivity contribution in [2.45, 2.75) is 12.3 Å². The van der Waals surface area contributed by atoms with Gasteiger partial charge in [-0.05, 0) is 29.7 Å². The number of rotatable bonds is 3. The van der Waals surface area contributed by atoms with E-state index >= 15 is 0 Å². The molecule has 0 amide bonds. The van der Waals surface area contributed by atoms with Gasteiger partial charge in [0, 0.05) is 24.2 Å². The molecule has 0 fully saturated rings. The van der Waals surface area contributed by atoms with Gasteiger partial charge in [-0.15, -0.1) is 0 Å². The van der Waals surface area contributed by atoms with Crippen molar-refractivity contribution in [2.75, 3.05) is 18.7 Å². The number of nitrogens with one attached hydrogen (secondary N) is 1. The maximum absolute atomic E-state index is 5.38. The Morgan fingerprint density at radius 2 is 1.95 bits per heavy atom. The molecule has 4 rings (SSSR count). The molecule has 1 unspecified atom stereocenters. The van der Waals surface area contributed by atoms with Gasteiger partial charge in [0.05, 0.1) is 0 Å². The lowest BCUT2D eigenvalue weighted by molar-refractivity contribution is 0.174. The Labute approximate surface area is 112 Å². The summed E-state index contributed by atoms with van der Waals surface area (Å²) < 4.78 is 10.7. The van der Waals surface area contributed by atoms with E-state index in [1.54, 1.807) is 0 Å². The second-order valence-corrected chi connectivity index (χ2v) is 5.05. The summed E-state index contributed by atoms with van der Waals surface area (Å²) in [6.45, 7) is 1.30. The zero-order chi connectivity index (χ0) is 12.7. The zero-order valence-electron chi connectivity index (χ0n) is 10.6. The SMILES string of the molecule is c1ccc2c(c1)CC2CNc1ccc2c(c1)OCO2. The van der Waals surface area contributed by atoms with Gasteiger partial charge in [0.15, 0.2) is 11.5 Å². The van der Waals surface area contributed by atoms with Crippen LogP contribution in [0.2, 0.25) is 0 Å². The molecule has 2 aliphatic rings. The van der Waals surface area contributed by atoms with E-state index in [1.807, 2.05) is 18.2 Å². The maximum Gasteiger partial charge on any atom is 0.231 e. The smallest absolute Gasteiger partial charge is 0.231 e. The predicted molar refractivity (Wildman–Crippen MR) is 73.9 cm³/mol. The molecule has 0 saturated carbocycles. The van der Waals surface area contributed by atoms with Gasteiger partial charge < -0.3 is 14.8 Å². The molecule has 1 atom stereocenters. The van der Waals surface area contributed by atoms with E-state index in [2.05, 4.69) is 29.6 Å². The van der Waals surface area contributed by atoms with E-state index in [0.29, 0.717) is 12.7 Å². The number of fused-ring (bicyclic) bond motifs is 2. The lowest BCUT2D eigenvalue weighted by Gasteiger charge is -2.30. The number of ether oxygens (including phenoxy) is 2. The largest absolute Gasteiger partial charge is 0.454 e. The number of hydrogen-bond donors (Lipinski definition) is 1. The van der Waals surface area contributed by atoms with Crippen molar-refractivity contribution in [3.05, 3.63) is 53.6 Å². The molecule has 0 bridgehead atoms. The summed E-state index contributed by atoms with van der Waals surface area (Å²) in [5.74, 6) is 2.29. The van der Waals surface area contributed by atoms with Gasteiger partial charge in [0.25, 0.3) is 0 Å². The number of benzene rings is 2. The van der Waals surface area contributed by atoms with E-state index < -0.39 is 0 Å². The van der Waals surface area contributed by atoms with Crippen LogP contribution in [-0.4, -0.2) is 13.3 Å². The summed E-state index contributed by atoms with van der Waals surface area (Å²) in [7, 11) is 0. The average Bonchev–Trinajstić information content (AvgIpc) is 2.87. The normalized spacial score (nSPS) is 18.6. The van der Waals surface area contributed by atoms with Gasteiger partial charge in [-0.1, -0.05) is 24.3 Å². The molecule has 1 heterocycles. The Balaban J connectivity index is 1.44. The quantitative estimate of drug-likeness (QED) is 0.911. The molecule has 1 aliphatic heterocycles. The first-order chi connectivity index (χ1) is 9.40. The highest BCUT2D eigenvalue weighted by Gasteiger charge is 2.25. The second-order valence-electron chi connectivity index (χ2n) is 5.05. The highest BCUT2D eigenvalue weighted by Crippen LogP contribution is 2.37. The third-order valence-corrected chi connectivity index (χ3v) is 3.89. The fourth-order valence-electron chi connectivity index (χ4n) is 2.79. The van der Waals surface area contributed by atoms with E-state index in [0.717, 1.165) is 23.7 Å². The summed E-state index contributed by atoms with van der Waals surface area (Å²) in [6.07, 6.45) is 1.17. The highest BCUT2D eigenvalue weighted by molar-refractivity contribution is 5.56. The van der Waals surface area contributed by atoms with E-state index in [1.165, 1.54) is 17.5 Å². The third-order valence-electron chi connectivity index (χ3n) is 3.89. The zero-order valence-corrected chi connectivity index (χ0v) is 10.6. The Morgan fingerprint density at radius 3 is 2.89 bits per heavy atom. The lowest BCUT2D eigenvalue weighted by atomic mass is 9.77. The van der Waals surface area contributed by atoms with Crippen molar-refractivity contribution in [1.82, 2.24) is 0 Å². The van der Waals surface area contributed by atoms with E-state index in [4.69, 9.17) is 9.47 Å². The average molecular weight is 253 g/mol. The van der Waals surface area contributed by atoms with Crippen LogP contribution < -0.4 is 14.8 Å². The van der Waals surface area contributed by atoms with Gasteiger partial charge in [0.2, 0.25) is 6.79 Å². The Morgan fingerprint density at radius 1 is 1.05 bits per heavy atom. The van der Waals surface area contributed by atoms with Crippen molar-refractivity contribution < 1.29 is 9.47 Å². The topological polar surface area (TPSA) is 30.5 Å². The molecule has 3 heteroatoms. The van der Waals surface area contributed by atoms with Crippen molar-refractivity contribution in [3.63, 3.8) is 0 Å². The van der Waals surface area contributed by atoms with Crippen LogP contribution in [0.4, 0.5) is 5.69 Å². The molecule has 2 aromatic rings. The fourth-order valence-corrected chi connectivity index (χ4v) is 2.79. The fraction of sp³-hybridized carbons (Fsp3) is 0.250. The molecular weight excluding hydrogens is 238 g/mol. The van der Waals surface area contributed by atoms with Crippen LogP contribution in [0.25, 0.3) is 0 Å². The van der Waals surface area contributed by atoms with Gasteiger partial charge in [-0.3, -0.25) is 0 Å². The first kappa shape index (κ1) is 10.7. The summed E-state index contributed by atoms with van der Waals surface area (Å²) >= 11 is 0. The summed E-state index contributed by atoms with van der Waals surface area (Å²) in [5.41, 5.74) is 4.06. The third kappa shape index (κ3) is 1.82. The van der Waals surface area contributed by atoms with Crippen LogP contribution in [0, 0.1) is 0 Å². The minimum absolute atomic E-state index is 0.328. The summed E-state index contributed by atoms with van der Waals surface area (Å²) in [6, 6.07) is 14.7. The molecule has 19 heavy (non-hydrogen) atoms. The second kappa shape index (κ2) is 4.19. The number of anilines is 1. The Hall–Kier alpha value is -2.16. The molecule has 0 saturated heterocycles. The van der Waals surface area contributed by atoms with E-state index in [9.17, 15) is 0 Å². The van der Waals surface area contributed by atoms with Crippen LogP contribution in [-0.2, 0) is 6.42 Å². The molecular formula is C16H15NO2. The van der Waals surface area contributed by atoms with Crippen LogP contribution in [0.5, 0.6) is 11.5 Å². The highest BCUT2D eigenvalue weighted by atomic mass is 16.7. The minimum atomic E-state index is 0.328. The summed E-state index contributed by atoms with van der Waals surface area (Å²) in [4.78, 5) is 0. The van der Waals surface area contributed by atoms with Crippen LogP contribution >= 0.6 is 0 Å². The van der Waals surface area contributed by atoms with E-state index in [-0.39, 0.29) is 0 Å². The van der Waals surface area contributed by atoms with Crippen molar-refractivity contribution in [3.8, 4) is 11.5 Å². The predicted octanol–water partition coefficient (Wildman–Crippen LogP) is 3.17. The van der Waals surface area contributed by atoms with Gasteiger partial charge in [-0.25, -0.2) is 0 Å². The van der Waals surface area contributed by atoms with Gasteiger partial charge in [0.1, 0.15) is 0 Å². The van der Waals surface area contributed by atoms with Gasteiger partial charge in [-0.2, -0.15) is 0 Å². The van der Waals surface area contributed by atoms with Gasteiger partial charge >= 0.3 is 0 Å². The lowest BCUT2D eigenvalue weighted by Crippen LogP contribution is -2.24. The first-order valence-corrected chi connectivity index (χ1v) is 6.61. The van der Waals surface area contributed by atoms with Crippen molar-refractivity contribution in [2.24, 2.45) is 0 Å². The van der Waals surface area contributed by atoms with Crippen LogP contribution in [0.1, 0.15) is 17.0 Å². The van der Waals surface area contributed by atoms with Crippen molar-refractivity contribution in [1.29, 1.82) is 0 Å². The first-order valence-electron chi connectivity index (χ1n) is 6.61. The Kier molecular flexibility index (Phi) is 2.37. The molecule has 1 N–H and O–H groups in total. The monoisotopic (exact) mass is 253 g/mol. The molecule has 2 aromatic carbocycles. The van der Waals surface area contributed by atoms with Crippen LogP contribution in [0.3, 0.4) is 0 Å². The molecule has 3 nitrogen and oxygen atoms in total. The van der Waals surface area contributed by atoms with Crippen LogP contribution in [0.15, 0.2) is 42.5 Å². The summed E-state index contributed by atoms with van der Waals surface area (Å²) in [5, 5.41) is 3.48. The molecule has 1 aliphatic carbocycles. The molecule has 0 spiro atoms. The molecule has 0 radical (unpaired) electrons. The Bertz CT molecular complexity index is 624. The maximum atomic E-state index is 5.38. The molecule has 0 aromatic heterocycles. The number of hydrogen-bond acceptors (Lipinski definition) is 3. The minimum Gasteiger partial charge on any atom is -0.454 e. The molecule has 96 valence electrons. The standard InChI is InChI=1S/C16H15NO2/c1-2-4-14-11(3-1)7-12(14)9-17-13-5-6-15-16(8-13)19-10-18-15/h1-6,8,12,17H,7,9-10H2.